The molecule has 0 spiro atoms. The van der Waals surface area contributed by atoms with E-state index < -0.39 is 0 Å². The Labute approximate surface area is 170 Å². The molecule has 3 aromatic rings. The number of aromatic nitrogens is 4. The number of pyridine rings is 2. The molecule has 1 unspecified atom stereocenters. The molecule has 1 aliphatic heterocycles. The van der Waals surface area contributed by atoms with Crippen LogP contribution in [-0.2, 0) is 7.05 Å². The Morgan fingerprint density at radius 2 is 2.11 bits per heavy atom. The number of nitrogens with zero attached hydrogens (tertiary/aromatic N) is 5. The maximum absolute atomic E-state index is 13.4. The molecule has 3 aromatic heterocycles. The van der Waals surface area contributed by atoms with Crippen molar-refractivity contribution in [3.05, 3.63) is 53.6 Å². The van der Waals surface area contributed by atoms with Gasteiger partial charge in [0.2, 0.25) is 0 Å². The summed E-state index contributed by atoms with van der Waals surface area (Å²) in [6.45, 7) is 4.06. The summed E-state index contributed by atoms with van der Waals surface area (Å²) >= 11 is 0. The first-order chi connectivity index (χ1) is 12.1. The second-order valence-corrected chi connectivity index (χ2v) is 6.32. The molecule has 1 amide bonds. The van der Waals surface area contributed by atoms with Gasteiger partial charge in [-0.25, -0.2) is 4.98 Å². The van der Waals surface area contributed by atoms with Gasteiger partial charge in [-0.1, -0.05) is 6.07 Å². The van der Waals surface area contributed by atoms with Crippen molar-refractivity contribution in [2.75, 3.05) is 19.6 Å². The molecule has 1 aliphatic rings. The van der Waals surface area contributed by atoms with Gasteiger partial charge >= 0.3 is 0 Å². The Morgan fingerprint density at radius 3 is 2.85 bits per heavy atom. The van der Waals surface area contributed by atoms with E-state index in [2.05, 4.69) is 20.4 Å². The Morgan fingerprint density at radius 1 is 1.30 bits per heavy atom. The minimum absolute atomic E-state index is 0. The van der Waals surface area contributed by atoms with Crippen LogP contribution in [0.4, 0.5) is 0 Å². The lowest BCUT2D eigenvalue weighted by Gasteiger charge is -2.36. The minimum Gasteiger partial charge on any atom is -0.329 e. The van der Waals surface area contributed by atoms with E-state index in [0.29, 0.717) is 12.1 Å². The molecule has 144 valence electrons. The highest BCUT2D eigenvalue weighted by Crippen LogP contribution is 2.26. The average Bonchev–Trinajstić information content (AvgIpc) is 3.02. The first kappa shape index (κ1) is 21.1. The summed E-state index contributed by atoms with van der Waals surface area (Å²) in [4.78, 5) is 24.0. The van der Waals surface area contributed by atoms with Crippen LogP contribution in [0, 0.1) is 6.92 Å². The van der Waals surface area contributed by atoms with E-state index in [-0.39, 0.29) is 36.8 Å². The van der Waals surface area contributed by atoms with Gasteiger partial charge in [-0.15, -0.1) is 24.8 Å². The van der Waals surface area contributed by atoms with Crippen LogP contribution in [-0.4, -0.2) is 50.2 Å². The van der Waals surface area contributed by atoms with Crippen LogP contribution in [0.25, 0.3) is 11.0 Å². The van der Waals surface area contributed by atoms with Gasteiger partial charge in [0.1, 0.15) is 0 Å². The second-order valence-electron chi connectivity index (χ2n) is 6.32. The zero-order valence-electron chi connectivity index (χ0n) is 15.1. The average molecular weight is 409 g/mol. The minimum atomic E-state index is -0.0323. The zero-order valence-corrected chi connectivity index (χ0v) is 16.8. The van der Waals surface area contributed by atoms with Gasteiger partial charge in [0.15, 0.2) is 5.65 Å². The topological polar surface area (TPSA) is 75.9 Å². The van der Waals surface area contributed by atoms with Crippen molar-refractivity contribution in [3.8, 4) is 0 Å². The molecule has 0 radical (unpaired) electrons. The number of amides is 1. The van der Waals surface area contributed by atoms with E-state index in [9.17, 15) is 4.79 Å². The maximum atomic E-state index is 13.4. The van der Waals surface area contributed by atoms with Gasteiger partial charge in [-0.2, -0.15) is 5.10 Å². The fourth-order valence-electron chi connectivity index (χ4n) is 3.39. The predicted molar refractivity (Wildman–Crippen MR) is 109 cm³/mol. The molecule has 7 nitrogen and oxygen atoms in total. The number of rotatable bonds is 2. The van der Waals surface area contributed by atoms with Gasteiger partial charge in [0, 0.05) is 44.8 Å². The highest BCUT2D eigenvalue weighted by Gasteiger charge is 2.30. The molecule has 0 aliphatic carbocycles. The Kier molecular flexibility index (Phi) is 6.75. The fraction of sp³-hybridized carbons (Fsp3) is 0.333. The largest absolute Gasteiger partial charge is 0.329 e. The van der Waals surface area contributed by atoms with E-state index in [4.69, 9.17) is 0 Å². The van der Waals surface area contributed by atoms with E-state index in [1.165, 1.54) is 0 Å². The van der Waals surface area contributed by atoms with E-state index >= 15 is 0 Å². The summed E-state index contributed by atoms with van der Waals surface area (Å²) < 4.78 is 1.70. The van der Waals surface area contributed by atoms with Crippen molar-refractivity contribution in [1.82, 2.24) is 30.0 Å². The third-order valence-corrected chi connectivity index (χ3v) is 4.64. The van der Waals surface area contributed by atoms with Gasteiger partial charge in [0.25, 0.3) is 5.91 Å². The number of carbonyl (C=O) groups is 1. The lowest BCUT2D eigenvalue weighted by molar-refractivity contribution is 0.0636. The van der Waals surface area contributed by atoms with Crippen molar-refractivity contribution in [3.63, 3.8) is 0 Å². The van der Waals surface area contributed by atoms with E-state index in [1.54, 1.807) is 17.1 Å². The van der Waals surface area contributed by atoms with E-state index in [0.717, 1.165) is 35.4 Å². The first-order valence-electron chi connectivity index (χ1n) is 8.36. The van der Waals surface area contributed by atoms with Gasteiger partial charge in [-0.05, 0) is 24.6 Å². The maximum Gasteiger partial charge on any atom is 0.255 e. The normalized spacial score (nSPS) is 16.5. The zero-order chi connectivity index (χ0) is 17.4. The summed E-state index contributed by atoms with van der Waals surface area (Å²) in [6, 6.07) is 5.75. The number of aryl methyl sites for hydroxylation is 2. The van der Waals surface area contributed by atoms with Crippen LogP contribution in [0.1, 0.15) is 27.7 Å². The molecule has 1 fully saturated rings. The summed E-state index contributed by atoms with van der Waals surface area (Å²) in [7, 11) is 1.84. The molecule has 9 heteroatoms. The molecule has 0 aromatic carbocycles. The van der Waals surface area contributed by atoms with Gasteiger partial charge in [-0.3, -0.25) is 14.5 Å². The molecule has 0 bridgehead atoms. The quantitative estimate of drug-likeness (QED) is 0.703. The molecule has 27 heavy (non-hydrogen) atoms. The number of fused-ring (bicyclic) bond motifs is 1. The summed E-state index contributed by atoms with van der Waals surface area (Å²) in [5.74, 6) is 0.0128. The highest BCUT2D eigenvalue weighted by atomic mass is 35.5. The fourth-order valence-corrected chi connectivity index (χ4v) is 3.39. The SMILES string of the molecule is Cc1cc(C(=O)N2CCNCC2c2cccnc2)c2cnn(C)c2n1.Cl.Cl. The highest BCUT2D eigenvalue weighted by molar-refractivity contribution is 6.05. The standard InChI is InChI=1S/C18H20N6O.2ClH/c1-12-8-14(15-10-21-23(2)17(15)22-12)18(25)24-7-6-20-11-16(24)13-4-3-5-19-9-13;;/h3-5,8-10,16,20H,6-7,11H2,1-2H3;2*1H. The molecular formula is C18H22Cl2N6O. The van der Waals surface area contributed by atoms with Gasteiger partial charge < -0.3 is 10.2 Å². The van der Waals surface area contributed by atoms with Gasteiger partial charge in [0.05, 0.1) is 23.2 Å². The Balaban J connectivity index is 0.00000131. The van der Waals surface area contributed by atoms with Crippen LogP contribution in [0.2, 0.25) is 0 Å². The molecule has 1 N–H and O–H groups in total. The number of piperazine rings is 1. The number of nitrogens with one attached hydrogen (secondary N) is 1. The monoisotopic (exact) mass is 408 g/mol. The smallest absolute Gasteiger partial charge is 0.255 e. The molecule has 4 heterocycles. The molecule has 0 saturated carbocycles. The van der Waals surface area contributed by atoms with Crippen molar-refractivity contribution in [2.45, 2.75) is 13.0 Å². The number of carbonyl (C=O) groups excluding carboxylic acids is 1. The van der Waals surface area contributed by atoms with Crippen LogP contribution >= 0.6 is 24.8 Å². The van der Waals surface area contributed by atoms with Crippen molar-refractivity contribution in [1.29, 1.82) is 0 Å². The van der Waals surface area contributed by atoms with Crippen LogP contribution < -0.4 is 5.32 Å². The Hall–Kier alpha value is -2.22. The van der Waals surface area contributed by atoms with Crippen molar-refractivity contribution >= 4 is 41.8 Å². The third-order valence-electron chi connectivity index (χ3n) is 4.64. The molecule has 4 rings (SSSR count). The molecule has 1 saturated heterocycles. The van der Waals surface area contributed by atoms with Crippen LogP contribution in [0.3, 0.4) is 0 Å². The summed E-state index contributed by atoms with van der Waals surface area (Å²) in [5.41, 5.74) is 3.24. The third kappa shape index (κ3) is 3.90. The number of halogens is 2. The van der Waals surface area contributed by atoms with E-state index in [1.807, 2.05) is 43.3 Å². The van der Waals surface area contributed by atoms with Crippen LogP contribution in [0.15, 0.2) is 36.8 Å². The summed E-state index contributed by atoms with van der Waals surface area (Å²) in [5, 5.41) is 8.43. The van der Waals surface area contributed by atoms with Crippen LogP contribution in [0.5, 0.6) is 0 Å². The first-order valence-corrected chi connectivity index (χ1v) is 8.36. The number of hydrogen-bond acceptors (Lipinski definition) is 5. The molecular weight excluding hydrogens is 387 g/mol. The number of hydrogen-bond donors (Lipinski definition) is 1. The second kappa shape index (κ2) is 8.65. The van der Waals surface area contributed by atoms with Crippen molar-refractivity contribution < 1.29 is 4.79 Å². The lowest BCUT2D eigenvalue weighted by Crippen LogP contribution is -2.48. The molecule has 1 atom stereocenters. The predicted octanol–water partition coefficient (Wildman–Crippen LogP) is 2.30. The van der Waals surface area contributed by atoms with Crippen molar-refractivity contribution in [2.24, 2.45) is 7.05 Å². The summed E-state index contributed by atoms with van der Waals surface area (Å²) in [6.07, 6.45) is 5.29. The Bertz CT molecular complexity index is 930. The lowest BCUT2D eigenvalue weighted by atomic mass is 10.0.